The molecule has 0 atom stereocenters. The summed E-state index contributed by atoms with van der Waals surface area (Å²) < 4.78 is 0. The van der Waals surface area contributed by atoms with Crippen LogP contribution in [0.1, 0.15) is 16.1 Å². The molecule has 72 valence electrons. The predicted octanol–water partition coefficient (Wildman–Crippen LogP) is 1.89. The van der Waals surface area contributed by atoms with Gasteiger partial charge < -0.3 is 10.8 Å². The Kier molecular flexibility index (Phi) is 1.89. The summed E-state index contributed by atoms with van der Waals surface area (Å²) in [7, 11) is 0. The van der Waals surface area contributed by atoms with Crippen LogP contribution in [-0.2, 0) is 0 Å². The van der Waals surface area contributed by atoms with Gasteiger partial charge in [0.25, 0.3) is 0 Å². The number of carboxylic acid groups (broad SMARTS) is 1. The minimum Gasteiger partial charge on any atom is -0.478 e. The van der Waals surface area contributed by atoms with Gasteiger partial charge in [-0.3, -0.25) is 0 Å². The molecule has 0 unspecified atom stereocenters. The number of carboxylic acids is 1. The van der Waals surface area contributed by atoms with Gasteiger partial charge in [-0.25, -0.2) is 9.78 Å². The molecule has 0 fully saturated rings. The molecule has 0 saturated carbocycles. The Balaban J connectivity index is 2.93. The third-order valence-corrected chi connectivity index (χ3v) is 2.86. The molecule has 0 saturated heterocycles. The topological polar surface area (TPSA) is 76.2 Å². The number of thiophene rings is 1. The Morgan fingerprint density at radius 3 is 3.00 bits per heavy atom. The van der Waals surface area contributed by atoms with Crippen molar-refractivity contribution < 1.29 is 9.90 Å². The Hall–Kier alpha value is -1.62. The lowest BCUT2D eigenvalue weighted by Gasteiger charge is -2.04. The number of hydrogen-bond donors (Lipinski definition) is 2. The van der Waals surface area contributed by atoms with E-state index in [1.165, 1.54) is 11.3 Å². The smallest absolute Gasteiger partial charge is 0.338 e. The molecule has 0 bridgehead atoms. The van der Waals surface area contributed by atoms with E-state index in [2.05, 4.69) is 4.98 Å². The highest BCUT2D eigenvalue weighted by atomic mass is 32.1. The molecule has 0 aliphatic rings. The van der Waals surface area contributed by atoms with Gasteiger partial charge >= 0.3 is 5.97 Å². The zero-order valence-corrected chi connectivity index (χ0v) is 8.26. The number of hydrogen-bond acceptors (Lipinski definition) is 4. The van der Waals surface area contributed by atoms with E-state index >= 15 is 0 Å². The first-order valence-corrected chi connectivity index (χ1v) is 4.86. The second-order valence-electron chi connectivity index (χ2n) is 2.93. The van der Waals surface area contributed by atoms with Crippen LogP contribution in [0.4, 0.5) is 5.69 Å². The van der Waals surface area contributed by atoms with Crippen LogP contribution in [0, 0.1) is 6.92 Å². The van der Waals surface area contributed by atoms with Crippen molar-refractivity contribution in [3.8, 4) is 0 Å². The number of anilines is 1. The van der Waals surface area contributed by atoms with E-state index < -0.39 is 5.97 Å². The first-order valence-electron chi connectivity index (χ1n) is 3.98. The number of nitrogens with two attached hydrogens (primary N) is 1. The molecule has 4 nitrogen and oxygen atoms in total. The van der Waals surface area contributed by atoms with Crippen molar-refractivity contribution in [2.75, 3.05) is 5.73 Å². The molecule has 2 aromatic rings. The highest BCUT2D eigenvalue weighted by Gasteiger charge is 2.16. The number of fused-ring (bicyclic) bond motifs is 1. The highest BCUT2D eigenvalue weighted by Crippen LogP contribution is 2.28. The van der Waals surface area contributed by atoms with Gasteiger partial charge in [-0.1, -0.05) is 0 Å². The van der Waals surface area contributed by atoms with E-state index in [9.17, 15) is 4.79 Å². The average Bonchev–Trinajstić information content (AvgIpc) is 2.52. The number of aromatic carboxylic acids is 1. The van der Waals surface area contributed by atoms with Gasteiger partial charge in [0.15, 0.2) is 0 Å². The van der Waals surface area contributed by atoms with Crippen molar-refractivity contribution in [3.05, 3.63) is 22.7 Å². The number of nitrogens with zero attached hydrogens (tertiary/aromatic N) is 1. The van der Waals surface area contributed by atoms with E-state index in [0.29, 0.717) is 15.9 Å². The number of nitrogen functional groups attached to an aromatic ring is 1. The molecule has 0 radical (unpaired) electrons. The quantitative estimate of drug-likeness (QED) is 0.750. The summed E-state index contributed by atoms with van der Waals surface area (Å²) in [6, 6.07) is 1.73. The zero-order valence-electron chi connectivity index (χ0n) is 7.44. The molecule has 2 heterocycles. The van der Waals surface area contributed by atoms with Crippen molar-refractivity contribution in [2.45, 2.75) is 6.92 Å². The van der Waals surface area contributed by atoms with E-state index in [-0.39, 0.29) is 11.3 Å². The van der Waals surface area contributed by atoms with Crippen molar-refractivity contribution in [1.29, 1.82) is 0 Å². The fourth-order valence-corrected chi connectivity index (χ4v) is 2.17. The molecular formula is C9H8N2O2S. The summed E-state index contributed by atoms with van der Waals surface area (Å²) in [5.74, 6) is -1.00. The predicted molar refractivity (Wildman–Crippen MR) is 55.7 cm³/mol. The van der Waals surface area contributed by atoms with Crippen LogP contribution in [-0.4, -0.2) is 16.1 Å². The van der Waals surface area contributed by atoms with Crippen LogP contribution in [0.2, 0.25) is 0 Å². The summed E-state index contributed by atoms with van der Waals surface area (Å²) in [5.41, 5.74) is 6.65. The molecule has 0 spiro atoms. The van der Waals surface area contributed by atoms with E-state index in [4.69, 9.17) is 10.8 Å². The van der Waals surface area contributed by atoms with Gasteiger partial charge in [0.1, 0.15) is 4.83 Å². The highest BCUT2D eigenvalue weighted by molar-refractivity contribution is 7.16. The van der Waals surface area contributed by atoms with E-state index in [1.54, 1.807) is 13.0 Å². The first-order chi connectivity index (χ1) is 6.61. The Morgan fingerprint density at radius 1 is 1.64 bits per heavy atom. The lowest BCUT2D eigenvalue weighted by atomic mass is 10.1. The molecule has 2 rings (SSSR count). The van der Waals surface area contributed by atoms with Crippen molar-refractivity contribution >= 4 is 33.2 Å². The third kappa shape index (κ3) is 1.13. The van der Waals surface area contributed by atoms with Gasteiger partial charge in [0.2, 0.25) is 0 Å². The molecule has 0 amide bonds. The normalized spacial score (nSPS) is 10.6. The van der Waals surface area contributed by atoms with Crippen LogP contribution in [0.5, 0.6) is 0 Å². The molecule has 0 aliphatic carbocycles. The molecule has 0 aliphatic heterocycles. The van der Waals surface area contributed by atoms with Gasteiger partial charge in [0.05, 0.1) is 16.9 Å². The van der Waals surface area contributed by atoms with Gasteiger partial charge in [0, 0.05) is 5.39 Å². The first kappa shape index (κ1) is 8.96. The van der Waals surface area contributed by atoms with Crippen molar-refractivity contribution in [1.82, 2.24) is 4.98 Å². The number of aromatic nitrogens is 1. The number of aryl methyl sites for hydroxylation is 1. The Morgan fingerprint density at radius 2 is 2.36 bits per heavy atom. The minimum absolute atomic E-state index is 0.161. The summed E-state index contributed by atoms with van der Waals surface area (Å²) in [5, 5.41) is 11.4. The lowest BCUT2D eigenvalue weighted by Crippen LogP contribution is -2.05. The molecule has 2 aromatic heterocycles. The van der Waals surface area contributed by atoms with E-state index in [1.807, 2.05) is 5.38 Å². The van der Waals surface area contributed by atoms with Crippen LogP contribution in [0.15, 0.2) is 11.4 Å². The fraction of sp³-hybridized carbons (Fsp3) is 0.111. The summed E-state index contributed by atoms with van der Waals surface area (Å²) in [4.78, 5) is 15.9. The summed E-state index contributed by atoms with van der Waals surface area (Å²) >= 11 is 1.41. The second kappa shape index (κ2) is 2.95. The average molecular weight is 208 g/mol. The lowest BCUT2D eigenvalue weighted by molar-refractivity contribution is 0.0700. The molecule has 14 heavy (non-hydrogen) atoms. The van der Waals surface area contributed by atoms with Crippen LogP contribution < -0.4 is 5.73 Å². The maximum absolute atomic E-state index is 11.0. The van der Waals surface area contributed by atoms with Gasteiger partial charge in [-0.05, 0) is 18.4 Å². The number of rotatable bonds is 1. The second-order valence-corrected chi connectivity index (χ2v) is 3.83. The minimum atomic E-state index is -1.00. The number of pyridine rings is 1. The van der Waals surface area contributed by atoms with Crippen LogP contribution in [0.3, 0.4) is 0 Å². The van der Waals surface area contributed by atoms with E-state index in [0.717, 1.165) is 0 Å². The third-order valence-electron chi connectivity index (χ3n) is 2.06. The molecular weight excluding hydrogens is 200 g/mol. The van der Waals surface area contributed by atoms with Gasteiger partial charge in [-0.2, -0.15) is 0 Å². The summed E-state index contributed by atoms with van der Waals surface area (Å²) in [6.45, 7) is 1.71. The number of carbonyl (C=O) groups is 1. The maximum Gasteiger partial charge on any atom is 0.338 e. The van der Waals surface area contributed by atoms with Crippen molar-refractivity contribution in [2.24, 2.45) is 0 Å². The standard InChI is InChI=1S/C9H8N2O2S/c1-4-7(10)6(9(12)13)5-2-3-14-8(5)11-4/h2-3H,10H2,1H3,(H,12,13). The molecule has 5 heteroatoms. The van der Waals surface area contributed by atoms with Gasteiger partial charge in [-0.15, -0.1) is 11.3 Å². The van der Waals surface area contributed by atoms with Crippen LogP contribution >= 0.6 is 11.3 Å². The van der Waals surface area contributed by atoms with Crippen LogP contribution in [0.25, 0.3) is 10.2 Å². The molecule has 3 N–H and O–H groups in total. The maximum atomic E-state index is 11.0. The Labute approximate surface area is 84.0 Å². The largest absolute Gasteiger partial charge is 0.478 e. The Bertz CT molecular complexity index is 519. The van der Waals surface area contributed by atoms with Crippen molar-refractivity contribution in [3.63, 3.8) is 0 Å². The SMILES string of the molecule is Cc1nc2sccc2c(C(=O)O)c1N. The molecule has 0 aromatic carbocycles. The monoisotopic (exact) mass is 208 g/mol. The summed E-state index contributed by atoms with van der Waals surface area (Å²) in [6.07, 6.45) is 0. The zero-order chi connectivity index (χ0) is 10.3. The fourth-order valence-electron chi connectivity index (χ4n) is 1.35.